The molecule has 40 heavy (non-hydrogen) atoms. The molecule has 1 amide bonds. The Morgan fingerprint density at radius 3 is 2.58 bits per heavy atom. The van der Waals surface area contributed by atoms with Crippen molar-refractivity contribution in [3.05, 3.63) is 24.0 Å². The smallest absolute Gasteiger partial charge is 0.361 e. The molecule has 2 aromatic rings. The fourth-order valence-corrected chi connectivity index (χ4v) is 6.67. The molecule has 2 fully saturated rings. The highest BCUT2D eigenvalue weighted by atomic mass is 28.3. The number of halogens is 3. The minimum Gasteiger partial charge on any atom is -0.361 e. The summed E-state index contributed by atoms with van der Waals surface area (Å²) in [4.78, 5) is 21.7. The largest absolute Gasteiger partial charge is 0.406 e. The molecule has 1 N–H and O–H groups in total. The summed E-state index contributed by atoms with van der Waals surface area (Å²) in [6, 6.07) is 5.26. The highest BCUT2D eigenvalue weighted by molar-refractivity contribution is 6.76. The van der Waals surface area contributed by atoms with Gasteiger partial charge in [-0.1, -0.05) is 19.6 Å². The number of pyridine rings is 1. The van der Waals surface area contributed by atoms with Gasteiger partial charge in [-0.15, -0.1) is 0 Å². The molecule has 12 heteroatoms. The molecule has 0 unspecified atom stereocenters. The number of nitrogens with one attached hydrogen (secondary N) is 1. The van der Waals surface area contributed by atoms with Gasteiger partial charge in [0.1, 0.15) is 24.5 Å². The number of ether oxygens (including phenoxy) is 1. The molecular formula is C28H39F3N6O2Si. The summed E-state index contributed by atoms with van der Waals surface area (Å²) in [5, 5.41) is 13.1. The second-order valence-corrected chi connectivity index (χ2v) is 18.4. The first kappa shape index (κ1) is 28.9. The Kier molecular flexibility index (Phi) is 7.93. The fourth-order valence-electron chi connectivity index (χ4n) is 5.92. The summed E-state index contributed by atoms with van der Waals surface area (Å²) in [6.45, 7) is 8.67. The summed E-state index contributed by atoms with van der Waals surface area (Å²) < 4.78 is 48.0. The molecule has 2 aromatic heterocycles. The van der Waals surface area contributed by atoms with Gasteiger partial charge in [-0.3, -0.25) is 4.79 Å². The molecule has 0 aromatic carbocycles. The normalized spacial score (nSPS) is 22.9. The number of rotatable bonds is 10. The van der Waals surface area contributed by atoms with Crippen LogP contribution in [0.5, 0.6) is 0 Å². The van der Waals surface area contributed by atoms with Crippen LogP contribution in [0.15, 0.2) is 18.5 Å². The first-order valence-corrected chi connectivity index (χ1v) is 17.9. The number of nitriles is 1. The number of carbonyl (C=O) groups excluding carboxylic acids is 1. The van der Waals surface area contributed by atoms with E-state index in [4.69, 9.17) is 4.74 Å². The maximum atomic E-state index is 13.4. The van der Waals surface area contributed by atoms with Crippen LogP contribution in [0.4, 0.5) is 18.9 Å². The number of fused-ring (bicyclic) bond motifs is 3. The fraction of sp³-hybridized carbons (Fsp3) is 0.679. The van der Waals surface area contributed by atoms with Gasteiger partial charge in [0.15, 0.2) is 0 Å². The third-order valence-corrected chi connectivity index (χ3v) is 10.4. The highest BCUT2D eigenvalue weighted by Crippen LogP contribution is 2.49. The average Bonchev–Trinajstić information content (AvgIpc) is 3.60. The molecule has 218 valence electrons. The maximum Gasteiger partial charge on any atom is 0.406 e. The lowest BCUT2D eigenvalue weighted by molar-refractivity contribution is -0.166. The Morgan fingerprint density at radius 2 is 1.95 bits per heavy atom. The molecule has 5 rings (SSSR count). The molecule has 0 radical (unpaired) electrons. The van der Waals surface area contributed by atoms with Crippen LogP contribution < -0.4 is 10.2 Å². The molecule has 0 bridgehead atoms. The van der Waals surface area contributed by atoms with Crippen molar-refractivity contribution in [1.82, 2.24) is 19.8 Å². The number of carbonyl (C=O) groups is 1. The Hall–Kier alpha value is -2.62. The molecular weight excluding hydrogens is 537 g/mol. The zero-order valence-corrected chi connectivity index (χ0v) is 24.6. The number of hydrogen-bond acceptors (Lipinski definition) is 6. The van der Waals surface area contributed by atoms with Gasteiger partial charge in [-0.2, -0.15) is 18.4 Å². The van der Waals surface area contributed by atoms with E-state index in [1.54, 1.807) is 11.1 Å². The zero-order chi connectivity index (χ0) is 28.7. The molecule has 0 atom stereocenters. The van der Waals surface area contributed by atoms with Crippen molar-refractivity contribution in [3.8, 4) is 6.07 Å². The van der Waals surface area contributed by atoms with Gasteiger partial charge in [-0.25, -0.2) is 4.98 Å². The van der Waals surface area contributed by atoms with Crippen molar-refractivity contribution in [2.75, 3.05) is 31.3 Å². The van der Waals surface area contributed by atoms with Crippen LogP contribution in [0.25, 0.3) is 11.0 Å². The van der Waals surface area contributed by atoms with Crippen molar-refractivity contribution in [3.63, 3.8) is 0 Å². The topological polar surface area (TPSA) is 86.4 Å². The summed E-state index contributed by atoms with van der Waals surface area (Å²) in [5.74, 6) is -0.0230. The van der Waals surface area contributed by atoms with Crippen LogP contribution in [0.2, 0.25) is 25.7 Å². The van der Waals surface area contributed by atoms with Gasteiger partial charge < -0.3 is 24.4 Å². The van der Waals surface area contributed by atoms with Crippen molar-refractivity contribution in [2.24, 2.45) is 5.92 Å². The lowest BCUT2D eigenvalue weighted by Gasteiger charge is -2.44. The predicted octanol–water partition coefficient (Wildman–Crippen LogP) is 5.34. The Labute approximate surface area is 234 Å². The molecule has 0 saturated heterocycles. The van der Waals surface area contributed by atoms with Crippen LogP contribution in [0, 0.1) is 17.2 Å². The van der Waals surface area contributed by atoms with Crippen LogP contribution in [-0.2, 0) is 11.5 Å². The molecule has 0 spiro atoms. The second-order valence-electron chi connectivity index (χ2n) is 12.8. The second kappa shape index (κ2) is 11.0. The predicted molar refractivity (Wildman–Crippen MR) is 150 cm³/mol. The average molecular weight is 577 g/mol. The van der Waals surface area contributed by atoms with Crippen molar-refractivity contribution < 1.29 is 22.7 Å². The monoisotopic (exact) mass is 576 g/mol. The van der Waals surface area contributed by atoms with Crippen molar-refractivity contribution >= 4 is 30.7 Å². The van der Waals surface area contributed by atoms with E-state index in [1.165, 1.54) is 0 Å². The molecule has 2 saturated carbocycles. The molecule has 2 aliphatic carbocycles. The zero-order valence-electron chi connectivity index (χ0n) is 23.6. The van der Waals surface area contributed by atoms with E-state index in [0.717, 1.165) is 48.4 Å². The number of anilines is 1. The van der Waals surface area contributed by atoms with E-state index in [0.29, 0.717) is 32.1 Å². The summed E-state index contributed by atoms with van der Waals surface area (Å²) in [5.41, 5.74) is 0.382. The highest BCUT2D eigenvalue weighted by Gasteiger charge is 2.63. The van der Waals surface area contributed by atoms with Crippen LogP contribution in [0.3, 0.4) is 0 Å². The van der Waals surface area contributed by atoms with Crippen molar-refractivity contribution in [2.45, 2.75) is 88.7 Å². The van der Waals surface area contributed by atoms with Gasteiger partial charge >= 0.3 is 6.18 Å². The van der Waals surface area contributed by atoms with E-state index in [-0.39, 0.29) is 37.3 Å². The summed E-state index contributed by atoms with van der Waals surface area (Å²) in [7, 11) is -1.20. The number of alkyl halides is 3. The third-order valence-electron chi connectivity index (χ3n) is 8.66. The lowest BCUT2D eigenvalue weighted by atomic mass is 9.84. The Balaban J connectivity index is 1.32. The Morgan fingerprint density at radius 1 is 1.23 bits per heavy atom. The van der Waals surface area contributed by atoms with Crippen LogP contribution >= 0.6 is 0 Å². The third kappa shape index (κ3) is 5.87. The van der Waals surface area contributed by atoms with Crippen molar-refractivity contribution in [1.29, 1.82) is 5.26 Å². The summed E-state index contributed by atoms with van der Waals surface area (Å²) in [6.07, 6.45) is 2.90. The van der Waals surface area contributed by atoms with E-state index < -0.39 is 19.8 Å². The first-order valence-electron chi connectivity index (χ1n) is 14.2. The number of nitrogens with zero attached hydrogens (tertiary/aromatic N) is 5. The lowest BCUT2D eigenvalue weighted by Crippen LogP contribution is -2.52. The molecule has 1 aliphatic heterocycles. The standard InChI is InChI=1S/C28H39F3N6O2Si/c1-40(2,3)15-14-39-19-36-12-8-22-24-23(17-33-25(22)36)26(38)35(13-11-32)18-37(24)21-6-4-20(5-7-21)16-34-27(9-10-27)28(29,30)31/h8,12,17,20-21,34H,4-7,9-10,13-16,18-19H2,1-3H3/t20-,21-. The number of amides is 1. The molecule has 3 aliphatic rings. The van der Waals surface area contributed by atoms with Crippen LogP contribution in [-0.4, -0.2) is 72.6 Å². The van der Waals surface area contributed by atoms with Gasteiger partial charge in [0.2, 0.25) is 0 Å². The quantitative estimate of drug-likeness (QED) is 0.234. The van der Waals surface area contributed by atoms with Gasteiger partial charge in [-0.05, 0) is 63.1 Å². The maximum absolute atomic E-state index is 13.4. The Bertz CT molecular complexity index is 1270. The van der Waals surface area contributed by atoms with E-state index >= 15 is 0 Å². The first-order chi connectivity index (χ1) is 18.9. The van der Waals surface area contributed by atoms with Gasteiger partial charge in [0.25, 0.3) is 5.91 Å². The minimum atomic E-state index is -4.20. The van der Waals surface area contributed by atoms with Crippen LogP contribution in [0.1, 0.15) is 48.9 Å². The van der Waals surface area contributed by atoms with E-state index in [9.17, 15) is 23.2 Å². The van der Waals surface area contributed by atoms with Gasteiger partial charge in [0.05, 0.1) is 24.0 Å². The summed E-state index contributed by atoms with van der Waals surface area (Å²) >= 11 is 0. The number of aromatic nitrogens is 2. The minimum absolute atomic E-state index is 0.0163. The molecule has 8 nitrogen and oxygen atoms in total. The van der Waals surface area contributed by atoms with Gasteiger partial charge in [0, 0.05) is 38.5 Å². The van der Waals surface area contributed by atoms with E-state index in [2.05, 4.69) is 40.9 Å². The molecule has 3 heterocycles. The SMILES string of the molecule is C[Si](C)(C)CCOCn1ccc2c3c(cnc21)C(=O)N(CC#N)CN3[C@H]1CC[C@H](CNC2(C(F)(F)F)CC2)CC1. The number of hydrogen-bond donors (Lipinski definition) is 1. The van der Waals surface area contributed by atoms with E-state index in [1.807, 2.05) is 16.8 Å².